The maximum atomic E-state index is 11.8. The largest absolute Gasteiger partial charge is 0.355 e. The molecule has 0 aliphatic carbocycles. The molecule has 0 bridgehead atoms. The molecular weight excluding hydrogens is 860 g/mol. The van der Waals surface area contributed by atoms with E-state index in [0.717, 1.165) is 13.1 Å². The van der Waals surface area contributed by atoms with E-state index in [1.807, 2.05) is 13.8 Å². The second-order valence-corrected chi connectivity index (χ2v) is 18.8. The van der Waals surface area contributed by atoms with Crippen LogP contribution in [0.4, 0.5) is 0 Å². The van der Waals surface area contributed by atoms with Gasteiger partial charge in [0.25, 0.3) is 0 Å². The van der Waals surface area contributed by atoms with Crippen molar-refractivity contribution in [3.05, 3.63) is 0 Å². The fourth-order valence-corrected chi connectivity index (χ4v) is 7.50. The lowest BCUT2D eigenvalue weighted by Gasteiger charge is -2.22. The van der Waals surface area contributed by atoms with Crippen molar-refractivity contribution in [3.8, 4) is 0 Å². The minimum Gasteiger partial charge on any atom is -0.355 e. The Hall–Kier alpha value is -2.25. The average Bonchev–Trinajstić information content (AvgIpc) is 3.04. The van der Waals surface area contributed by atoms with Gasteiger partial charge in [0.1, 0.15) is 25.1 Å². The van der Waals surface area contributed by atoms with Crippen LogP contribution in [-0.2, 0) is 42.2 Å². The van der Waals surface area contributed by atoms with E-state index < -0.39 is 80.4 Å². The van der Waals surface area contributed by atoms with Crippen LogP contribution in [0.5, 0.6) is 0 Å². The van der Waals surface area contributed by atoms with Crippen molar-refractivity contribution in [2.24, 2.45) is 0 Å². The van der Waals surface area contributed by atoms with Gasteiger partial charge in [-0.05, 0) is 13.1 Å². The molecule has 58 heavy (non-hydrogen) atoms. The molecule has 31 heteroatoms. The van der Waals surface area contributed by atoms with Crippen LogP contribution in [0.15, 0.2) is 0 Å². The van der Waals surface area contributed by atoms with Crippen LogP contribution in [-0.4, -0.2) is 189 Å². The third kappa shape index (κ3) is 43.3. The van der Waals surface area contributed by atoms with Gasteiger partial charge in [0.15, 0.2) is 0 Å². The van der Waals surface area contributed by atoms with Crippen molar-refractivity contribution >= 4 is 59.9 Å². The molecular formula is C27H62N10O17P4. The molecule has 0 aromatic carbocycles. The van der Waals surface area contributed by atoms with Crippen LogP contribution in [0.3, 0.4) is 0 Å². The highest BCUT2D eigenvalue weighted by atomic mass is 31.2. The number of nitrogens with one attached hydrogen (secondary N) is 8. The Kier molecular flexibility index (Phi) is 31.5. The summed E-state index contributed by atoms with van der Waals surface area (Å²) in [6.45, 7) is 7.08. The van der Waals surface area contributed by atoms with Crippen LogP contribution in [0, 0.1) is 0 Å². The first-order chi connectivity index (χ1) is 26.7. The summed E-state index contributed by atoms with van der Waals surface area (Å²) in [6.07, 6.45) is -2.98. The zero-order valence-electron chi connectivity index (χ0n) is 32.6. The first-order valence-corrected chi connectivity index (χ1v) is 25.0. The number of carbonyl (C=O) groups excluding carboxylic acids is 5. The van der Waals surface area contributed by atoms with E-state index in [2.05, 4.69) is 42.5 Å². The molecule has 0 heterocycles. The predicted molar refractivity (Wildman–Crippen MR) is 210 cm³/mol. The lowest BCUT2D eigenvalue weighted by molar-refractivity contribution is -0.123. The van der Waals surface area contributed by atoms with E-state index in [0.29, 0.717) is 55.4 Å². The molecule has 0 saturated carbocycles. The second kappa shape index (κ2) is 31.6. The van der Waals surface area contributed by atoms with Gasteiger partial charge in [-0.3, -0.25) is 52.0 Å². The molecule has 0 rings (SSSR count). The van der Waals surface area contributed by atoms with Crippen molar-refractivity contribution < 1.29 is 81.4 Å². The van der Waals surface area contributed by atoms with Gasteiger partial charge < -0.3 is 81.7 Å². The van der Waals surface area contributed by atoms with Crippen LogP contribution >= 0.6 is 30.4 Å². The Morgan fingerprint density at radius 3 is 0.879 bits per heavy atom. The molecule has 0 radical (unpaired) electrons. The van der Waals surface area contributed by atoms with E-state index in [1.54, 1.807) is 0 Å². The number of rotatable bonds is 32. The minimum absolute atomic E-state index is 0.0244. The molecule has 0 aromatic heterocycles. The SMILES string of the molecule is CCNCCC(=O)NCCNC(=O)CN(CP(=O)(O)O)CP(=O)(O)O.CCNCCC(=O)NCCNCCC(=O)NCCNC(=O)CN(CP(=O)(O)O)CP(=O)(O)O. The van der Waals surface area contributed by atoms with Crippen molar-refractivity contribution in [2.45, 2.75) is 33.1 Å². The van der Waals surface area contributed by atoms with Gasteiger partial charge in [-0.1, -0.05) is 13.8 Å². The highest BCUT2D eigenvalue weighted by molar-refractivity contribution is 7.53. The zero-order valence-corrected chi connectivity index (χ0v) is 36.2. The molecule has 0 unspecified atom stereocenters. The van der Waals surface area contributed by atoms with E-state index in [9.17, 15) is 42.2 Å². The number of carbonyl (C=O) groups is 5. The van der Waals surface area contributed by atoms with Crippen molar-refractivity contribution in [1.82, 2.24) is 52.3 Å². The van der Waals surface area contributed by atoms with Crippen molar-refractivity contribution in [1.29, 1.82) is 0 Å². The quantitative estimate of drug-likeness (QED) is 0.0221. The molecule has 16 N–H and O–H groups in total. The minimum atomic E-state index is -4.62. The topological polar surface area (TPSA) is 418 Å². The lowest BCUT2D eigenvalue weighted by atomic mass is 10.3. The Morgan fingerprint density at radius 1 is 0.379 bits per heavy atom. The molecule has 0 saturated heterocycles. The predicted octanol–water partition coefficient (Wildman–Crippen LogP) is -5.32. The maximum absolute atomic E-state index is 11.8. The lowest BCUT2D eigenvalue weighted by Crippen LogP contribution is -2.41. The summed E-state index contributed by atoms with van der Waals surface area (Å²) in [6, 6.07) is 0. The third-order valence-corrected chi connectivity index (χ3v) is 9.59. The average molecular weight is 923 g/mol. The number of hydrogen-bond donors (Lipinski definition) is 16. The fraction of sp³-hybridized carbons (Fsp3) is 0.815. The number of amides is 5. The summed E-state index contributed by atoms with van der Waals surface area (Å²) in [4.78, 5) is 131. The number of hydrogen-bond acceptors (Lipinski definition) is 14. The summed E-state index contributed by atoms with van der Waals surface area (Å²) in [5, 5.41) is 21.7. The summed E-state index contributed by atoms with van der Waals surface area (Å²) in [5.41, 5.74) is 0. The molecule has 5 amide bonds. The molecule has 0 fully saturated rings. The molecule has 0 aliphatic rings. The first kappa shape index (κ1) is 57.8. The smallest absolute Gasteiger partial charge is 0.339 e. The van der Waals surface area contributed by atoms with E-state index in [4.69, 9.17) is 39.1 Å². The van der Waals surface area contributed by atoms with Crippen LogP contribution in [0.2, 0.25) is 0 Å². The van der Waals surface area contributed by atoms with Gasteiger partial charge >= 0.3 is 30.4 Å². The van der Waals surface area contributed by atoms with Gasteiger partial charge in [0.05, 0.1) is 13.1 Å². The standard InChI is InChI=1S/C16H36N6O9P2.C11H26N4O8P2/c1-2-17-5-3-14(23)19-8-7-18-6-4-15(24)20-9-10-21-16(25)11-22(12-32(26,27)28)13-33(29,30)31;1-2-12-4-3-10(16)13-5-6-14-11(17)7-15(8-24(18,19)20)9-25(21,22)23/h17-18H,2-13H2,1H3,(H,19,23)(H,20,24)(H,21,25)(H2,26,27,28)(H2,29,30,31);12H,2-9H2,1H3,(H,13,16)(H,14,17)(H2,18,19,20)(H2,21,22,23). The fourth-order valence-electron chi connectivity index (χ4n) is 4.30. The molecule has 27 nitrogen and oxygen atoms in total. The van der Waals surface area contributed by atoms with Crippen molar-refractivity contribution in [2.75, 3.05) is 110 Å². The summed E-state index contributed by atoms with van der Waals surface area (Å²) in [7, 11) is -18.4. The van der Waals surface area contributed by atoms with Gasteiger partial charge in [0.2, 0.25) is 29.5 Å². The number of nitrogens with zero attached hydrogens (tertiary/aromatic N) is 2. The van der Waals surface area contributed by atoms with Gasteiger partial charge in [-0.15, -0.1) is 0 Å². The van der Waals surface area contributed by atoms with Gasteiger partial charge in [0, 0.05) is 78.2 Å². The zero-order chi connectivity index (χ0) is 44.8. The second-order valence-electron chi connectivity index (χ2n) is 12.3. The highest BCUT2D eigenvalue weighted by Gasteiger charge is 2.28. The molecule has 0 atom stereocenters. The van der Waals surface area contributed by atoms with Crippen LogP contribution in [0.25, 0.3) is 0 Å². The van der Waals surface area contributed by atoms with Crippen LogP contribution in [0.1, 0.15) is 33.1 Å². The molecule has 0 aliphatic heterocycles. The normalized spacial score (nSPS) is 12.1. The Morgan fingerprint density at radius 2 is 0.621 bits per heavy atom. The summed E-state index contributed by atoms with van der Waals surface area (Å²) in [5.74, 6) is -1.90. The first-order valence-electron chi connectivity index (χ1n) is 17.8. The Balaban J connectivity index is 0. The van der Waals surface area contributed by atoms with Gasteiger partial charge in [-0.25, -0.2) is 0 Å². The Bertz CT molecular complexity index is 1380. The third-order valence-electron chi connectivity index (χ3n) is 6.52. The van der Waals surface area contributed by atoms with E-state index in [-0.39, 0.29) is 50.3 Å². The van der Waals surface area contributed by atoms with Gasteiger partial charge in [-0.2, -0.15) is 0 Å². The molecule has 342 valence electrons. The van der Waals surface area contributed by atoms with E-state index >= 15 is 0 Å². The molecule has 0 spiro atoms. The van der Waals surface area contributed by atoms with Crippen LogP contribution < -0.4 is 42.5 Å². The summed E-state index contributed by atoms with van der Waals surface area (Å²) < 4.78 is 44.1. The Labute approximate surface area is 336 Å². The monoisotopic (exact) mass is 922 g/mol. The van der Waals surface area contributed by atoms with E-state index in [1.165, 1.54) is 0 Å². The molecule has 0 aromatic rings. The maximum Gasteiger partial charge on any atom is 0.339 e. The van der Waals surface area contributed by atoms with Crippen molar-refractivity contribution in [3.63, 3.8) is 0 Å². The summed E-state index contributed by atoms with van der Waals surface area (Å²) >= 11 is 0. The highest BCUT2D eigenvalue weighted by Crippen LogP contribution is 2.41.